The lowest BCUT2D eigenvalue weighted by molar-refractivity contribution is -0.159. The Labute approximate surface area is 164 Å². The van der Waals surface area contributed by atoms with Gasteiger partial charge in [0.25, 0.3) is 0 Å². The summed E-state index contributed by atoms with van der Waals surface area (Å²) >= 11 is 0. The SMILES string of the molecule is O=C(O)C(=O)O.c1cncc(-c2ccc(OCCCN3CCCCC3)cc2)c1. The van der Waals surface area contributed by atoms with Gasteiger partial charge in [-0.15, -0.1) is 0 Å². The van der Waals surface area contributed by atoms with Gasteiger partial charge < -0.3 is 19.8 Å². The molecule has 2 heterocycles. The van der Waals surface area contributed by atoms with Crippen molar-refractivity contribution in [3.8, 4) is 16.9 Å². The van der Waals surface area contributed by atoms with Gasteiger partial charge in [0.05, 0.1) is 6.61 Å². The number of nitrogens with zero attached hydrogens (tertiary/aromatic N) is 2. The van der Waals surface area contributed by atoms with Gasteiger partial charge in [0.1, 0.15) is 5.75 Å². The van der Waals surface area contributed by atoms with Crippen molar-refractivity contribution in [2.75, 3.05) is 26.2 Å². The van der Waals surface area contributed by atoms with Crippen molar-refractivity contribution in [1.82, 2.24) is 9.88 Å². The van der Waals surface area contributed by atoms with E-state index < -0.39 is 11.9 Å². The topological polar surface area (TPSA) is 100.0 Å². The number of ether oxygens (including phenoxy) is 1. The first kappa shape index (κ1) is 21.4. The summed E-state index contributed by atoms with van der Waals surface area (Å²) in [4.78, 5) is 24.9. The Morgan fingerprint density at radius 3 is 2.21 bits per heavy atom. The molecule has 0 atom stereocenters. The Bertz CT molecular complexity index is 716. The number of hydrogen-bond acceptors (Lipinski definition) is 5. The summed E-state index contributed by atoms with van der Waals surface area (Å²) < 4.78 is 5.85. The molecule has 0 radical (unpaired) electrons. The van der Waals surface area contributed by atoms with Gasteiger partial charge in [0.15, 0.2) is 0 Å². The number of carbonyl (C=O) groups is 2. The molecule has 3 rings (SSSR count). The molecule has 7 heteroatoms. The number of carboxylic acid groups (broad SMARTS) is 2. The van der Waals surface area contributed by atoms with Crippen molar-refractivity contribution in [2.45, 2.75) is 25.7 Å². The van der Waals surface area contributed by atoms with Crippen LogP contribution in [0.1, 0.15) is 25.7 Å². The molecular weight excluding hydrogens is 360 g/mol. The van der Waals surface area contributed by atoms with Crippen LogP contribution in [0.3, 0.4) is 0 Å². The standard InChI is InChI=1S/C19H24N2O.C2H2O4/c1-2-12-21(13-3-1)14-5-15-22-19-9-7-17(8-10-19)18-6-4-11-20-16-18;3-1(4)2(5)6/h4,6-11,16H,1-3,5,12-15H2;(H,3,4)(H,5,6). The lowest BCUT2D eigenvalue weighted by Gasteiger charge is -2.26. The molecule has 1 aliphatic heterocycles. The van der Waals surface area contributed by atoms with E-state index in [1.54, 1.807) is 6.20 Å². The lowest BCUT2D eigenvalue weighted by Crippen LogP contribution is -2.31. The highest BCUT2D eigenvalue weighted by molar-refractivity contribution is 6.27. The summed E-state index contributed by atoms with van der Waals surface area (Å²) in [5.41, 5.74) is 2.31. The Balaban J connectivity index is 0.000000409. The van der Waals surface area contributed by atoms with Gasteiger partial charge >= 0.3 is 11.9 Å². The number of pyridine rings is 1. The Hall–Kier alpha value is -2.93. The third-order valence-corrected chi connectivity index (χ3v) is 4.37. The summed E-state index contributed by atoms with van der Waals surface area (Å²) in [5, 5.41) is 14.8. The summed E-state index contributed by atoms with van der Waals surface area (Å²) in [6.07, 6.45) is 8.89. The van der Waals surface area contributed by atoms with Gasteiger partial charge in [-0.05, 0) is 61.7 Å². The number of piperidine rings is 1. The van der Waals surface area contributed by atoms with Crippen molar-refractivity contribution >= 4 is 11.9 Å². The molecule has 1 fully saturated rings. The molecule has 1 saturated heterocycles. The number of aliphatic carboxylic acids is 2. The van der Waals surface area contributed by atoms with Gasteiger partial charge in [0, 0.05) is 18.9 Å². The highest BCUT2D eigenvalue weighted by Gasteiger charge is 2.09. The summed E-state index contributed by atoms with van der Waals surface area (Å²) in [7, 11) is 0. The average molecular weight is 386 g/mol. The third-order valence-electron chi connectivity index (χ3n) is 4.37. The van der Waals surface area contributed by atoms with Crippen molar-refractivity contribution in [1.29, 1.82) is 0 Å². The highest BCUT2D eigenvalue weighted by Crippen LogP contribution is 2.21. The summed E-state index contributed by atoms with van der Waals surface area (Å²) in [6, 6.07) is 12.3. The van der Waals surface area contributed by atoms with Crippen LogP contribution in [-0.4, -0.2) is 58.3 Å². The Morgan fingerprint density at radius 1 is 0.964 bits per heavy atom. The maximum absolute atomic E-state index is 9.10. The van der Waals surface area contributed by atoms with Crippen LogP contribution in [0.4, 0.5) is 0 Å². The number of rotatable bonds is 6. The monoisotopic (exact) mass is 386 g/mol. The fourth-order valence-corrected chi connectivity index (χ4v) is 2.94. The molecule has 7 nitrogen and oxygen atoms in total. The average Bonchev–Trinajstić information content (AvgIpc) is 2.73. The quantitative estimate of drug-likeness (QED) is 0.581. The van der Waals surface area contributed by atoms with Crippen LogP contribution in [0, 0.1) is 0 Å². The van der Waals surface area contributed by atoms with E-state index in [4.69, 9.17) is 24.5 Å². The highest BCUT2D eigenvalue weighted by atomic mass is 16.5. The maximum atomic E-state index is 9.10. The number of carboxylic acids is 2. The normalized spacial score (nSPS) is 13.9. The molecule has 1 aliphatic rings. The van der Waals surface area contributed by atoms with E-state index in [-0.39, 0.29) is 0 Å². The van der Waals surface area contributed by atoms with Crippen LogP contribution >= 0.6 is 0 Å². The molecule has 1 aromatic carbocycles. The second kappa shape index (κ2) is 11.7. The lowest BCUT2D eigenvalue weighted by atomic mass is 10.1. The molecular formula is C21H26N2O5. The van der Waals surface area contributed by atoms with E-state index in [0.717, 1.165) is 30.9 Å². The van der Waals surface area contributed by atoms with Crippen LogP contribution in [0.25, 0.3) is 11.1 Å². The number of hydrogen-bond donors (Lipinski definition) is 2. The van der Waals surface area contributed by atoms with Crippen LogP contribution in [0.15, 0.2) is 48.8 Å². The van der Waals surface area contributed by atoms with E-state index in [0.29, 0.717) is 0 Å². The van der Waals surface area contributed by atoms with E-state index in [1.807, 2.05) is 24.4 Å². The molecule has 0 spiro atoms. The zero-order valence-electron chi connectivity index (χ0n) is 15.8. The van der Waals surface area contributed by atoms with Gasteiger partial charge in [0.2, 0.25) is 0 Å². The smallest absolute Gasteiger partial charge is 0.414 e. The van der Waals surface area contributed by atoms with Crippen molar-refractivity contribution in [2.24, 2.45) is 0 Å². The molecule has 0 amide bonds. The zero-order chi connectivity index (χ0) is 20.2. The second-order valence-electron chi connectivity index (χ2n) is 6.48. The molecule has 2 aromatic rings. The van der Waals surface area contributed by atoms with Gasteiger partial charge in [-0.1, -0.05) is 24.6 Å². The Kier molecular flexibility index (Phi) is 8.94. The molecule has 2 N–H and O–H groups in total. The molecule has 1 aromatic heterocycles. The maximum Gasteiger partial charge on any atom is 0.414 e. The van der Waals surface area contributed by atoms with Crippen LogP contribution in [-0.2, 0) is 9.59 Å². The molecule has 28 heavy (non-hydrogen) atoms. The minimum absolute atomic E-state index is 0.794. The van der Waals surface area contributed by atoms with Gasteiger partial charge in [-0.25, -0.2) is 9.59 Å². The van der Waals surface area contributed by atoms with Crippen molar-refractivity contribution < 1.29 is 24.5 Å². The van der Waals surface area contributed by atoms with Crippen LogP contribution in [0.2, 0.25) is 0 Å². The van der Waals surface area contributed by atoms with E-state index in [9.17, 15) is 0 Å². The zero-order valence-corrected chi connectivity index (χ0v) is 15.8. The number of benzene rings is 1. The summed E-state index contributed by atoms with van der Waals surface area (Å²) in [5.74, 6) is -2.70. The molecule has 0 bridgehead atoms. The third kappa shape index (κ3) is 7.75. The first-order chi connectivity index (χ1) is 13.6. The predicted octanol–water partition coefficient (Wildman–Crippen LogP) is 3.16. The van der Waals surface area contributed by atoms with Gasteiger partial charge in [-0.3, -0.25) is 4.98 Å². The molecule has 0 aliphatic carbocycles. The fraction of sp³-hybridized carbons (Fsp3) is 0.381. The van der Waals surface area contributed by atoms with Crippen LogP contribution in [0.5, 0.6) is 5.75 Å². The Morgan fingerprint density at radius 2 is 1.64 bits per heavy atom. The van der Waals surface area contributed by atoms with Crippen molar-refractivity contribution in [3.63, 3.8) is 0 Å². The first-order valence-electron chi connectivity index (χ1n) is 9.38. The number of likely N-dealkylation sites (tertiary alicyclic amines) is 1. The minimum Gasteiger partial charge on any atom is -0.494 e. The molecule has 0 saturated carbocycles. The first-order valence-corrected chi connectivity index (χ1v) is 9.38. The van der Waals surface area contributed by atoms with E-state index >= 15 is 0 Å². The van der Waals surface area contributed by atoms with Crippen LogP contribution < -0.4 is 4.74 Å². The predicted molar refractivity (Wildman–Crippen MR) is 105 cm³/mol. The van der Waals surface area contributed by atoms with Crippen molar-refractivity contribution in [3.05, 3.63) is 48.8 Å². The fourth-order valence-electron chi connectivity index (χ4n) is 2.94. The molecule has 0 unspecified atom stereocenters. The summed E-state index contributed by atoms with van der Waals surface area (Å²) in [6.45, 7) is 4.48. The van der Waals surface area contributed by atoms with E-state index in [2.05, 4.69) is 28.1 Å². The van der Waals surface area contributed by atoms with E-state index in [1.165, 1.54) is 37.9 Å². The largest absolute Gasteiger partial charge is 0.494 e. The second-order valence-corrected chi connectivity index (χ2v) is 6.48. The minimum atomic E-state index is -1.82. The molecule has 150 valence electrons. The van der Waals surface area contributed by atoms with Gasteiger partial charge in [-0.2, -0.15) is 0 Å². The number of aromatic nitrogens is 1.